The van der Waals surface area contributed by atoms with E-state index in [4.69, 9.17) is 0 Å². The van der Waals surface area contributed by atoms with Gasteiger partial charge < -0.3 is 10.2 Å². The number of halogens is 1. The lowest BCUT2D eigenvalue weighted by molar-refractivity contribution is 0.0479. The number of alkyl halides is 1. The molecule has 0 aromatic carbocycles. The van der Waals surface area contributed by atoms with E-state index in [1.54, 1.807) is 0 Å². The molecule has 0 amide bonds. The van der Waals surface area contributed by atoms with Gasteiger partial charge in [-0.25, -0.2) is 0 Å². The van der Waals surface area contributed by atoms with Crippen LogP contribution in [0.5, 0.6) is 0 Å². The van der Waals surface area contributed by atoms with Crippen LogP contribution in [0.15, 0.2) is 0 Å². The van der Waals surface area contributed by atoms with E-state index in [9.17, 15) is 10.2 Å². The lowest BCUT2D eigenvalue weighted by Crippen LogP contribution is -2.29. The standard InChI is InChI=1S/C26H49IO2/c1-18-6-8-21(9-7-18)25(29)13-15-26(4,5)14-12-24(28)20(3)16-22-10-11-23(27)17-19(22)2/h18-25,28-29H,6-17H2,1-5H3/t18?,19?,20-,21?,22?,23+,24?,25?/m1/s1. The molecule has 2 fully saturated rings. The zero-order valence-electron chi connectivity index (χ0n) is 19.9. The summed E-state index contributed by atoms with van der Waals surface area (Å²) < 4.78 is 0.854. The van der Waals surface area contributed by atoms with E-state index in [0.717, 1.165) is 47.4 Å². The first-order valence-electron chi connectivity index (χ1n) is 12.6. The number of aliphatic hydroxyl groups is 2. The number of rotatable bonds is 10. The Balaban J connectivity index is 1.68. The van der Waals surface area contributed by atoms with Gasteiger partial charge in [0.25, 0.3) is 0 Å². The third-order valence-corrected chi connectivity index (χ3v) is 9.58. The minimum atomic E-state index is -0.177. The SMILES string of the molecule is CC1CCC(C(O)CCC(C)(C)CCC(O)[C@H](C)CC2CC[C@H](I)CC2C)CC1. The van der Waals surface area contributed by atoms with Crippen LogP contribution in [-0.2, 0) is 0 Å². The lowest BCUT2D eigenvalue weighted by Gasteiger charge is -2.35. The molecule has 0 saturated heterocycles. The molecule has 6 atom stereocenters. The summed E-state index contributed by atoms with van der Waals surface area (Å²) >= 11 is 2.61. The van der Waals surface area contributed by atoms with Crippen molar-refractivity contribution in [2.24, 2.45) is 35.0 Å². The molecule has 2 saturated carbocycles. The second kappa shape index (κ2) is 12.0. The van der Waals surface area contributed by atoms with Gasteiger partial charge in [0.15, 0.2) is 0 Å². The summed E-state index contributed by atoms with van der Waals surface area (Å²) in [7, 11) is 0. The highest BCUT2D eigenvalue weighted by Crippen LogP contribution is 2.39. The highest BCUT2D eigenvalue weighted by atomic mass is 127. The molecule has 0 spiro atoms. The van der Waals surface area contributed by atoms with Crippen LogP contribution in [0.4, 0.5) is 0 Å². The van der Waals surface area contributed by atoms with Crippen molar-refractivity contribution in [1.29, 1.82) is 0 Å². The van der Waals surface area contributed by atoms with Crippen molar-refractivity contribution in [3.63, 3.8) is 0 Å². The average Bonchev–Trinajstić information content (AvgIpc) is 2.67. The Labute approximate surface area is 195 Å². The predicted octanol–water partition coefficient (Wildman–Crippen LogP) is 7.39. The first-order valence-corrected chi connectivity index (χ1v) is 13.8. The van der Waals surface area contributed by atoms with Crippen LogP contribution in [0.25, 0.3) is 0 Å². The molecule has 0 aromatic heterocycles. The van der Waals surface area contributed by atoms with Crippen LogP contribution in [0.2, 0.25) is 0 Å². The van der Waals surface area contributed by atoms with Crippen LogP contribution < -0.4 is 0 Å². The predicted molar refractivity (Wildman–Crippen MR) is 133 cm³/mol. The quantitative estimate of drug-likeness (QED) is 0.233. The zero-order valence-corrected chi connectivity index (χ0v) is 22.0. The van der Waals surface area contributed by atoms with Gasteiger partial charge in [-0.1, -0.05) is 70.1 Å². The van der Waals surface area contributed by atoms with Gasteiger partial charge in [-0.2, -0.15) is 0 Å². The summed E-state index contributed by atoms with van der Waals surface area (Å²) in [6.45, 7) is 11.7. The first-order chi connectivity index (χ1) is 13.6. The van der Waals surface area contributed by atoms with Crippen molar-refractivity contribution >= 4 is 22.6 Å². The van der Waals surface area contributed by atoms with E-state index in [0.29, 0.717) is 11.8 Å². The molecule has 0 bridgehead atoms. The van der Waals surface area contributed by atoms with Gasteiger partial charge in [-0.05, 0) is 99.2 Å². The second-order valence-electron chi connectivity index (χ2n) is 11.8. The van der Waals surface area contributed by atoms with Crippen molar-refractivity contribution in [1.82, 2.24) is 0 Å². The molecule has 172 valence electrons. The molecule has 2 aliphatic carbocycles. The van der Waals surface area contributed by atoms with E-state index in [2.05, 4.69) is 57.2 Å². The molecule has 29 heavy (non-hydrogen) atoms. The van der Waals surface area contributed by atoms with Crippen molar-refractivity contribution in [2.75, 3.05) is 0 Å². The van der Waals surface area contributed by atoms with E-state index in [1.165, 1.54) is 51.4 Å². The van der Waals surface area contributed by atoms with Crippen molar-refractivity contribution in [3.05, 3.63) is 0 Å². The average molecular weight is 521 g/mol. The van der Waals surface area contributed by atoms with Crippen LogP contribution >= 0.6 is 22.6 Å². The molecular weight excluding hydrogens is 471 g/mol. The topological polar surface area (TPSA) is 40.5 Å². The van der Waals surface area contributed by atoms with Gasteiger partial charge in [0.1, 0.15) is 0 Å². The first kappa shape index (κ1) is 25.9. The smallest absolute Gasteiger partial charge is 0.0568 e. The molecular formula is C26H49IO2. The Kier molecular flexibility index (Phi) is 10.8. The number of hydrogen-bond donors (Lipinski definition) is 2. The van der Waals surface area contributed by atoms with Crippen LogP contribution in [0.3, 0.4) is 0 Å². The highest BCUT2D eigenvalue weighted by Gasteiger charge is 2.30. The summed E-state index contributed by atoms with van der Waals surface area (Å²) in [5.41, 5.74) is 0.205. The van der Waals surface area contributed by atoms with Crippen molar-refractivity contribution in [2.45, 2.75) is 128 Å². The van der Waals surface area contributed by atoms with Crippen molar-refractivity contribution < 1.29 is 10.2 Å². The zero-order chi connectivity index (χ0) is 21.6. The second-order valence-corrected chi connectivity index (χ2v) is 13.5. The molecule has 0 heterocycles. The van der Waals surface area contributed by atoms with Crippen LogP contribution in [0, 0.1) is 35.0 Å². The van der Waals surface area contributed by atoms with E-state index in [1.807, 2.05) is 0 Å². The summed E-state index contributed by atoms with van der Waals surface area (Å²) in [5, 5.41) is 21.5. The fraction of sp³-hybridized carbons (Fsp3) is 1.00. The highest BCUT2D eigenvalue weighted by molar-refractivity contribution is 14.1. The van der Waals surface area contributed by atoms with Gasteiger partial charge in [0.2, 0.25) is 0 Å². The largest absolute Gasteiger partial charge is 0.393 e. The van der Waals surface area contributed by atoms with Gasteiger partial charge in [-0.3, -0.25) is 0 Å². The van der Waals surface area contributed by atoms with E-state index in [-0.39, 0.29) is 17.6 Å². The molecule has 4 unspecified atom stereocenters. The molecule has 2 rings (SSSR count). The Morgan fingerprint density at radius 3 is 2.17 bits per heavy atom. The fourth-order valence-corrected chi connectivity index (χ4v) is 6.93. The maximum atomic E-state index is 10.8. The van der Waals surface area contributed by atoms with Gasteiger partial charge in [-0.15, -0.1) is 0 Å². The Hall–Kier alpha value is 0.650. The summed E-state index contributed by atoms with van der Waals surface area (Å²) in [4.78, 5) is 0. The molecule has 2 aliphatic rings. The minimum Gasteiger partial charge on any atom is -0.393 e. The van der Waals surface area contributed by atoms with Crippen molar-refractivity contribution in [3.8, 4) is 0 Å². The monoisotopic (exact) mass is 520 g/mol. The van der Waals surface area contributed by atoms with E-state index >= 15 is 0 Å². The Morgan fingerprint density at radius 2 is 1.55 bits per heavy atom. The maximum Gasteiger partial charge on any atom is 0.0568 e. The summed E-state index contributed by atoms with van der Waals surface area (Å²) in [6.07, 6.45) is 13.9. The molecule has 0 aromatic rings. The lowest BCUT2D eigenvalue weighted by atomic mass is 9.73. The number of aliphatic hydroxyl groups excluding tert-OH is 2. The van der Waals surface area contributed by atoms with Gasteiger partial charge >= 0.3 is 0 Å². The van der Waals surface area contributed by atoms with Crippen LogP contribution in [-0.4, -0.2) is 26.3 Å². The summed E-state index contributed by atoms with van der Waals surface area (Å²) in [6, 6.07) is 0. The molecule has 0 aliphatic heterocycles. The van der Waals surface area contributed by atoms with Crippen LogP contribution in [0.1, 0.15) is 112 Å². The number of hydrogen-bond acceptors (Lipinski definition) is 2. The molecule has 0 radical (unpaired) electrons. The normalized spacial score (nSPS) is 34.6. The Morgan fingerprint density at radius 1 is 0.931 bits per heavy atom. The maximum absolute atomic E-state index is 10.8. The molecule has 2 N–H and O–H groups in total. The third kappa shape index (κ3) is 8.96. The minimum absolute atomic E-state index is 0.125. The Bertz CT molecular complexity index is 458. The summed E-state index contributed by atoms with van der Waals surface area (Å²) in [5.74, 6) is 3.37. The molecule has 3 heteroatoms. The van der Waals surface area contributed by atoms with Gasteiger partial charge in [0.05, 0.1) is 12.2 Å². The fourth-order valence-electron chi connectivity index (χ4n) is 5.77. The molecule has 2 nitrogen and oxygen atoms in total. The third-order valence-electron chi connectivity index (χ3n) is 8.45. The van der Waals surface area contributed by atoms with E-state index < -0.39 is 0 Å². The van der Waals surface area contributed by atoms with Gasteiger partial charge in [0, 0.05) is 3.92 Å².